The molecule has 0 saturated carbocycles. The van der Waals surface area contributed by atoms with Crippen molar-refractivity contribution in [3.05, 3.63) is 12.7 Å². The van der Waals surface area contributed by atoms with Gasteiger partial charge in [-0.15, -0.1) is 6.58 Å². The van der Waals surface area contributed by atoms with Gasteiger partial charge in [0.2, 0.25) is 0 Å². The highest BCUT2D eigenvalue weighted by Crippen LogP contribution is 2.26. The first-order valence-corrected chi connectivity index (χ1v) is 5.89. The van der Waals surface area contributed by atoms with Crippen LogP contribution < -0.4 is 0 Å². The van der Waals surface area contributed by atoms with Gasteiger partial charge in [0.05, 0.1) is 19.8 Å². The number of hydrogen-bond donors (Lipinski definition) is 2. The van der Waals surface area contributed by atoms with Gasteiger partial charge in [-0.05, 0) is 13.3 Å². The molecule has 1 aliphatic heterocycles. The van der Waals surface area contributed by atoms with Gasteiger partial charge in [-0.3, -0.25) is 0 Å². The Bertz CT molecular complexity index is 233. The molecule has 0 aromatic heterocycles. The van der Waals surface area contributed by atoms with Gasteiger partial charge in [-0.1, -0.05) is 6.08 Å². The summed E-state index contributed by atoms with van der Waals surface area (Å²) < 4.78 is 15.9. The van der Waals surface area contributed by atoms with Crippen molar-refractivity contribution in [2.75, 3.05) is 26.4 Å². The molecule has 1 saturated heterocycles. The van der Waals surface area contributed by atoms with Crippen LogP contribution in [0, 0.1) is 0 Å². The maximum absolute atomic E-state index is 9.61. The van der Waals surface area contributed by atoms with E-state index in [9.17, 15) is 10.2 Å². The molecule has 2 N–H and O–H groups in total. The molecular formula is C12H22O5. The van der Waals surface area contributed by atoms with Crippen molar-refractivity contribution in [2.24, 2.45) is 0 Å². The van der Waals surface area contributed by atoms with E-state index in [0.29, 0.717) is 32.7 Å². The first-order chi connectivity index (χ1) is 7.97. The van der Waals surface area contributed by atoms with Crippen LogP contribution in [0.3, 0.4) is 0 Å². The third-order valence-electron chi connectivity index (χ3n) is 2.68. The van der Waals surface area contributed by atoms with Gasteiger partial charge >= 0.3 is 0 Å². The fourth-order valence-electron chi connectivity index (χ4n) is 1.77. The first-order valence-electron chi connectivity index (χ1n) is 5.89. The Balaban J connectivity index is 2.17. The highest BCUT2D eigenvalue weighted by atomic mass is 16.7. The fourth-order valence-corrected chi connectivity index (χ4v) is 1.77. The number of hydrogen-bond acceptors (Lipinski definition) is 5. The van der Waals surface area contributed by atoms with Crippen LogP contribution in [0.5, 0.6) is 0 Å². The zero-order chi connectivity index (χ0) is 12.8. The lowest BCUT2D eigenvalue weighted by Crippen LogP contribution is -2.35. The van der Waals surface area contributed by atoms with E-state index < -0.39 is 11.6 Å². The molecule has 17 heavy (non-hydrogen) atoms. The summed E-state index contributed by atoms with van der Waals surface area (Å²) in [5.74, 6) is -2.37. The van der Waals surface area contributed by atoms with Crippen LogP contribution in [0.15, 0.2) is 12.7 Å². The molecule has 0 bridgehead atoms. The topological polar surface area (TPSA) is 68.2 Å². The number of rotatable bonds is 8. The summed E-state index contributed by atoms with van der Waals surface area (Å²) in [6.07, 6.45) is 3.03. The molecule has 0 aromatic rings. The SMILES string of the molecule is C=CCOCC(O)(O)CCCC1(C)OCCO1. The van der Waals surface area contributed by atoms with E-state index in [-0.39, 0.29) is 13.0 Å². The molecular weight excluding hydrogens is 224 g/mol. The lowest BCUT2D eigenvalue weighted by Gasteiger charge is -2.25. The minimum absolute atomic E-state index is 0.114. The minimum atomic E-state index is -1.79. The first kappa shape index (κ1) is 14.6. The summed E-state index contributed by atoms with van der Waals surface area (Å²) in [6, 6.07) is 0. The molecule has 1 heterocycles. The van der Waals surface area contributed by atoms with Gasteiger partial charge in [0.1, 0.15) is 6.61 Å². The molecule has 1 aliphatic rings. The smallest absolute Gasteiger partial charge is 0.186 e. The van der Waals surface area contributed by atoms with Crippen LogP contribution in [-0.4, -0.2) is 48.2 Å². The molecule has 0 amide bonds. The number of ether oxygens (including phenoxy) is 3. The second-order valence-electron chi connectivity index (χ2n) is 4.47. The van der Waals surface area contributed by atoms with E-state index in [1.54, 1.807) is 6.08 Å². The van der Waals surface area contributed by atoms with Crippen molar-refractivity contribution < 1.29 is 24.4 Å². The Morgan fingerprint density at radius 2 is 2.06 bits per heavy atom. The minimum Gasteiger partial charge on any atom is -0.372 e. The van der Waals surface area contributed by atoms with E-state index in [4.69, 9.17) is 14.2 Å². The number of aliphatic hydroxyl groups is 2. The fraction of sp³-hybridized carbons (Fsp3) is 0.833. The second-order valence-corrected chi connectivity index (χ2v) is 4.47. The third-order valence-corrected chi connectivity index (χ3v) is 2.68. The Hall–Kier alpha value is -0.460. The van der Waals surface area contributed by atoms with E-state index in [2.05, 4.69) is 6.58 Å². The van der Waals surface area contributed by atoms with Gasteiger partial charge in [-0.25, -0.2) is 0 Å². The van der Waals surface area contributed by atoms with Crippen molar-refractivity contribution in [3.63, 3.8) is 0 Å². The molecule has 0 unspecified atom stereocenters. The van der Waals surface area contributed by atoms with Crippen LogP contribution in [0.2, 0.25) is 0 Å². The van der Waals surface area contributed by atoms with E-state index >= 15 is 0 Å². The zero-order valence-electron chi connectivity index (χ0n) is 10.4. The van der Waals surface area contributed by atoms with Crippen molar-refractivity contribution in [1.82, 2.24) is 0 Å². The van der Waals surface area contributed by atoms with Gasteiger partial charge in [-0.2, -0.15) is 0 Å². The molecule has 0 spiro atoms. The van der Waals surface area contributed by atoms with E-state index in [1.165, 1.54) is 0 Å². The highest BCUT2D eigenvalue weighted by molar-refractivity contribution is 4.72. The Labute approximate surface area is 102 Å². The van der Waals surface area contributed by atoms with Crippen LogP contribution in [0.1, 0.15) is 26.2 Å². The lowest BCUT2D eigenvalue weighted by atomic mass is 10.1. The quantitative estimate of drug-likeness (QED) is 0.377. The summed E-state index contributed by atoms with van der Waals surface area (Å²) in [5, 5.41) is 19.2. The van der Waals surface area contributed by atoms with Crippen LogP contribution >= 0.6 is 0 Å². The Kier molecular flexibility index (Phi) is 5.55. The summed E-state index contributed by atoms with van der Waals surface area (Å²) in [5.41, 5.74) is 0. The third kappa shape index (κ3) is 5.61. The molecule has 1 fully saturated rings. The maximum Gasteiger partial charge on any atom is 0.186 e. The normalized spacial score (nSPS) is 19.5. The molecule has 0 radical (unpaired) electrons. The molecule has 0 aromatic carbocycles. The van der Waals surface area contributed by atoms with E-state index in [1.807, 2.05) is 6.92 Å². The van der Waals surface area contributed by atoms with Crippen LogP contribution in [0.4, 0.5) is 0 Å². The summed E-state index contributed by atoms with van der Waals surface area (Å²) >= 11 is 0. The monoisotopic (exact) mass is 246 g/mol. The van der Waals surface area contributed by atoms with Crippen LogP contribution in [-0.2, 0) is 14.2 Å². The lowest BCUT2D eigenvalue weighted by molar-refractivity contribution is -0.205. The van der Waals surface area contributed by atoms with Crippen molar-refractivity contribution in [2.45, 2.75) is 37.8 Å². The molecule has 5 heteroatoms. The molecule has 0 atom stereocenters. The van der Waals surface area contributed by atoms with Crippen LogP contribution in [0.25, 0.3) is 0 Å². The zero-order valence-corrected chi connectivity index (χ0v) is 10.4. The summed E-state index contributed by atoms with van der Waals surface area (Å²) in [4.78, 5) is 0. The Morgan fingerprint density at radius 3 is 2.65 bits per heavy atom. The van der Waals surface area contributed by atoms with Gasteiger partial charge in [0, 0.05) is 12.8 Å². The van der Waals surface area contributed by atoms with Crippen molar-refractivity contribution in [1.29, 1.82) is 0 Å². The highest BCUT2D eigenvalue weighted by Gasteiger charge is 2.32. The Morgan fingerprint density at radius 1 is 1.41 bits per heavy atom. The maximum atomic E-state index is 9.61. The van der Waals surface area contributed by atoms with E-state index in [0.717, 1.165) is 0 Å². The summed E-state index contributed by atoms with van der Waals surface area (Å²) in [6.45, 7) is 6.75. The molecule has 100 valence electrons. The van der Waals surface area contributed by atoms with Crippen molar-refractivity contribution >= 4 is 0 Å². The molecule has 5 nitrogen and oxygen atoms in total. The summed E-state index contributed by atoms with van der Waals surface area (Å²) in [7, 11) is 0. The van der Waals surface area contributed by atoms with Gasteiger partial charge in [0.25, 0.3) is 0 Å². The van der Waals surface area contributed by atoms with Gasteiger partial charge < -0.3 is 24.4 Å². The van der Waals surface area contributed by atoms with Gasteiger partial charge in [0.15, 0.2) is 11.6 Å². The average Bonchev–Trinajstić information content (AvgIpc) is 2.65. The largest absolute Gasteiger partial charge is 0.372 e. The average molecular weight is 246 g/mol. The predicted molar refractivity (Wildman–Crippen MR) is 62.3 cm³/mol. The molecule has 1 rings (SSSR count). The predicted octanol–water partition coefficient (Wildman–Crippen LogP) is 0.803. The van der Waals surface area contributed by atoms with Crippen molar-refractivity contribution in [3.8, 4) is 0 Å². The standard InChI is InChI=1S/C12H22O5/c1-3-7-15-10-12(13,14)6-4-5-11(2)16-8-9-17-11/h3,13-14H,1,4-10H2,2H3. The molecule has 0 aliphatic carbocycles. The second kappa shape index (κ2) is 6.47.